The molecule has 0 saturated carbocycles. The van der Waals surface area contributed by atoms with Crippen LogP contribution in [0.4, 0.5) is 5.69 Å². The highest BCUT2D eigenvalue weighted by Crippen LogP contribution is 2.19. The number of aryl methyl sites for hydroxylation is 1. The first kappa shape index (κ1) is 13.5. The van der Waals surface area contributed by atoms with Crippen molar-refractivity contribution in [3.05, 3.63) is 39.4 Å². The summed E-state index contributed by atoms with van der Waals surface area (Å²) in [5.74, 6) is -0.0412. The number of piperazine rings is 1. The number of hydrogen-bond acceptors (Lipinski definition) is 4. The van der Waals surface area contributed by atoms with Crippen LogP contribution in [-0.4, -0.2) is 53.9 Å². The summed E-state index contributed by atoms with van der Waals surface area (Å²) in [5, 5.41) is 10.7. The first-order valence-corrected chi connectivity index (χ1v) is 6.22. The Hall–Kier alpha value is -1.95. The lowest BCUT2D eigenvalue weighted by Crippen LogP contribution is -2.47. The molecular weight excluding hydrogens is 246 g/mol. The molecule has 1 heterocycles. The third-order valence-electron chi connectivity index (χ3n) is 3.44. The topological polar surface area (TPSA) is 66.7 Å². The number of hydrogen-bond donors (Lipinski definition) is 0. The van der Waals surface area contributed by atoms with Crippen LogP contribution in [0, 0.1) is 17.0 Å². The molecule has 1 aromatic carbocycles. The van der Waals surface area contributed by atoms with Crippen LogP contribution in [0.2, 0.25) is 0 Å². The van der Waals surface area contributed by atoms with Gasteiger partial charge in [-0.3, -0.25) is 14.9 Å². The summed E-state index contributed by atoms with van der Waals surface area (Å²) in [7, 11) is 2.03. The Labute approximate surface area is 111 Å². The molecule has 0 N–H and O–H groups in total. The smallest absolute Gasteiger partial charge is 0.269 e. The zero-order valence-corrected chi connectivity index (χ0v) is 11.1. The summed E-state index contributed by atoms with van der Waals surface area (Å²) < 4.78 is 0. The maximum Gasteiger partial charge on any atom is 0.269 e. The van der Waals surface area contributed by atoms with E-state index >= 15 is 0 Å². The minimum atomic E-state index is -0.447. The van der Waals surface area contributed by atoms with Crippen molar-refractivity contribution in [3.63, 3.8) is 0 Å². The highest BCUT2D eigenvalue weighted by molar-refractivity contribution is 5.96. The van der Waals surface area contributed by atoms with Gasteiger partial charge in [-0.2, -0.15) is 0 Å². The number of carbonyl (C=O) groups is 1. The minimum Gasteiger partial charge on any atom is -0.336 e. The molecule has 0 spiro atoms. The summed E-state index contributed by atoms with van der Waals surface area (Å²) >= 11 is 0. The first-order chi connectivity index (χ1) is 8.99. The number of rotatable bonds is 2. The number of carbonyl (C=O) groups excluding carboxylic acids is 1. The zero-order valence-electron chi connectivity index (χ0n) is 11.1. The normalized spacial score (nSPS) is 16.4. The number of nitrogens with zero attached hydrogens (tertiary/aromatic N) is 3. The van der Waals surface area contributed by atoms with Crippen LogP contribution in [0.3, 0.4) is 0 Å². The van der Waals surface area contributed by atoms with Crippen molar-refractivity contribution in [2.45, 2.75) is 6.92 Å². The van der Waals surface area contributed by atoms with Crippen LogP contribution in [0.25, 0.3) is 0 Å². The molecule has 2 rings (SSSR count). The van der Waals surface area contributed by atoms with Crippen molar-refractivity contribution >= 4 is 11.6 Å². The standard InChI is InChI=1S/C13H17N3O3/c1-10-9-11(16(18)19)3-4-12(10)13(17)15-7-5-14(2)6-8-15/h3-4,9H,5-8H2,1-2H3. The van der Waals surface area contributed by atoms with E-state index in [-0.39, 0.29) is 11.6 Å². The molecule has 0 radical (unpaired) electrons. The molecular formula is C13H17N3O3. The number of nitro benzene ring substituents is 1. The van der Waals surface area contributed by atoms with Crippen molar-refractivity contribution in [2.24, 2.45) is 0 Å². The molecule has 1 amide bonds. The number of likely N-dealkylation sites (N-methyl/N-ethyl adjacent to an activating group) is 1. The predicted octanol–water partition coefficient (Wildman–Crippen LogP) is 1.29. The predicted molar refractivity (Wildman–Crippen MR) is 71.2 cm³/mol. The van der Waals surface area contributed by atoms with Crippen LogP contribution < -0.4 is 0 Å². The van der Waals surface area contributed by atoms with E-state index in [0.29, 0.717) is 24.2 Å². The van der Waals surface area contributed by atoms with Crippen LogP contribution in [0.15, 0.2) is 18.2 Å². The number of nitro groups is 1. The van der Waals surface area contributed by atoms with Gasteiger partial charge in [0, 0.05) is 43.9 Å². The molecule has 1 fully saturated rings. The lowest BCUT2D eigenvalue weighted by molar-refractivity contribution is -0.384. The molecule has 1 aliphatic heterocycles. The molecule has 0 aromatic heterocycles. The lowest BCUT2D eigenvalue weighted by Gasteiger charge is -2.32. The number of non-ortho nitro benzene ring substituents is 1. The fourth-order valence-corrected chi connectivity index (χ4v) is 2.18. The second kappa shape index (κ2) is 5.36. The summed E-state index contributed by atoms with van der Waals surface area (Å²) in [6, 6.07) is 4.38. The monoisotopic (exact) mass is 263 g/mol. The van der Waals surface area contributed by atoms with Gasteiger partial charge in [-0.05, 0) is 25.6 Å². The van der Waals surface area contributed by atoms with Crippen LogP contribution in [0.1, 0.15) is 15.9 Å². The van der Waals surface area contributed by atoms with Gasteiger partial charge < -0.3 is 9.80 Å². The summed E-state index contributed by atoms with van der Waals surface area (Å²) in [5.41, 5.74) is 1.22. The summed E-state index contributed by atoms with van der Waals surface area (Å²) in [4.78, 5) is 26.5. The van der Waals surface area contributed by atoms with Crippen molar-refractivity contribution in [1.82, 2.24) is 9.80 Å². The average molecular weight is 263 g/mol. The van der Waals surface area contributed by atoms with Gasteiger partial charge in [0.25, 0.3) is 11.6 Å². The Kier molecular flexibility index (Phi) is 3.80. The van der Waals surface area contributed by atoms with Crippen LogP contribution in [0.5, 0.6) is 0 Å². The van der Waals surface area contributed by atoms with Crippen molar-refractivity contribution in [2.75, 3.05) is 33.2 Å². The molecule has 1 aliphatic rings. The van der Waals surface area contributed by atoms with Gasteiger partial charge in [-0.1, -0.05) is 0 Å². The van der Waals surface area contributed by atoms with E-state index in [1.807, 2.05) is 7.05 Å². The fourth-order valence-electron chi connectivity index (χ4n) is 2.18. The highest BCUT2D eigenvalue weighted by atomic mass is 16.6. The third-order valence-corrected chi connectivity index (χ3v) is 3.44. The number of amides is 1. The van der Waals surface area contributed by atoms with E-state index < -0.39 is 4.92 Å². The van der Waals surface area contributed by atoms with E-state index in [4.69, 9.17) is 0 Å². The average Bonchev–Trinajstić information content (AvgIpc) is 2.38. The summed E-state index contributed by atoms with van der Waals surface area (Å²) in [6.07, 6.45) is 0. The molecule has 0 bridgehead atoms. The van der Waals surface area contributed by atoms with E-state index in [1.165, 1.54) is 12.1 Å². The quantitative estimate of drug-likeness (QED) is 0.595. The maximum atomic E-state index is 12.3. The summed E-state index contributed by atoms with van der Waals surface area (Å²) in [6.45, 7) is 4.85. The molecule has 1 saturated heterocycles. The zero-order chi connectivity index (χ0) is 14.0. The van der Waals surface area contributed by atoms with Crippen LogP contribution in [-0.2, 0) is 0 Å². The fraction of sp³-hybridized carbons (Fsp3) is 0.462. The molecule has 6 nitrogen and oxygen atoms in total. The number of benzene rings is 1. The largest absolute Gasteiger partial charge is 0.336 e. The third kappa shape index (κ3) is 2.90. The minimum absolute atomic E-state index is 0.0208. The van der Waals surface area contributed by atoms with E-state index in [2.05, 4.69) is 4.90 Å². The molecule has 0 aliphatic carbocycles. The molecule has 0 unspecified atom stereocenters. The molecule has 6 heteroatoms. The van der Waals surface area contributed by atoms with Gasteiger partial charge in [-0.25, -0.2) is 0 Å². The van der Waals surface area contributed by atoms with Crippen molar-refractivity contribution in [3.8, 4) is 0 Å². The highest BCUT2D eigenvalue weighted by Gasteiger charge is 2.22. The Bertz CT molecular complexity index is 508. The van der Waals surface area contributed by atoms with Gasteiger partial charge in [0.2, 0.25) is 0 Å². The van der Waals surface area contributed by atoms with E-state index in [0.717, 1.165) is 13.1 Å². The second-order valence-corrected chi connectivity index (χ2v) is 4.85. The lowest BCUT2D eigenvalue weighted by atomic mass is 10.1. The first-order valence-electron chi connectivity index (χ1n) is 6.22. The van der Waals surface area contributed by atoms with Gasteiger partial charge in [0.15, 0.2) is 0 Å². The molecule has 19 heavy (non-hydrogen) atoms. The molecule has 102 valence electrons. The SMILES string of the molecule is Cc1cc([N+](=O)[O-])ccc1C(=O)N1CCN(C)CC1. The Morgan fingerprint density at radius 2 is 1.89 bits per heavy atom. The maximum absolute atomic E-state index is 12.3. The Morgan fingerprint density at radius 1 is 1.26 bits per heavy atom. The van der Waals surface area contributed by atoms with Gasteiger partial charge in [-0.15, -0.1) is 0 Å². The van der Waals surface area contributed by atoms with Crippen LogP contribution >= 0.6 is 0 Å². The van der Waals surface area contributed by atoms with E-state index in [1.54, 1.807) is 17.9 Å². The van der Waals surface area contributed by atoms with Gasteiger partial charge in [0.05, 0.1) is 4.92 Å². The molecule has 0 atom stereocenters. The molecule has 1 aromatic rings. The van der Waals surface area contributed by atoms with Crippen molar-refractivity contribution < 1.29 is 9.72 Å². The van der Waals surface area contributed by atoms with E-state index in [9.17, 15) is 14.9 Å². The van der Waals surface area contributed by atoms with Gasteiger partial charge in [0.1, 0.15) is 0 Å². The van der Waals surface area contributed by atoms with Crippen molar-refractivity contribution in [1.29, 1.82) is 0 Å². The Balaban J connectivity index is 2.17. The van der Waals surface area contributed by atoms with Gasteiger partial charge >= 0.3 is 0 Å². The Morgan fingerprint density at radius 3 is 2.42 bits per heavy atom. The second-order valence-electron chi connectivity index (χ2n) is 4.85.